The van der Waals surface area contributed by atoms with E-state index in [2.05, 4.69) is 10.3 Å². The fourth-order valence-corrected chi connectivity index (χ4v) is 2.19. The highest BCUT2D eigenvalue weighted by Gasteiger charge is 2.16. The third-order valence-corrected chi connectivity index (χ3v) is 3.00. The van der Waals surface area contributed by atoms with Gasteiger partial charge in [0.1, 0.15) is 5.60 Å². The van der Waals surface area contributed by atoms with Gasteiger partial charge in [-0.1, -0.05) is 0 Å². The Hall–Kier alpha value is -2.30. The number of aromatic nitrogens is 1. The van der Waals surface area contributed by atoms with Gasteiger partial charge in [-0.25, -0.2) is 4.79 Å². The van der Waals surface area contributed by atoms with E-state index >= 15 is 0 Å². The fourth-order valence-electron chi connectivity index (χ4n) is 2.19. The molecule has 5 heteroatoms. The van der Waals surface area contributed by atoms with Gasteiger partial charge in [0.25, 0.3) is 0 Å². The highest BCUT2D eigenvalue weighted by molar-refractivity contribution is 5.92. The van der Waals surface area contributed by atoms with Crippen LogP contribution in [0.25, 0.3) is 10.9 Å². The van der Waals surface area contributed by atoms with Crippen LogP contribution in [0, 0.1) is 13.8 Å². The van der Waals surface area contributed by atoms with Crippen molar-refractivity contribution >= 4 is 22.7 Å². The van der Waals surface area contributed by atoms with Crippen molar-refractivity contribution < 1.29 is 9.53 Å². The first kappa shape index (κ1) is 15.1. The molecule has 21 heavy (non-hydrogen) atoms. The highest BCUT2D eigenvalue weighted by Crippen LogP contribution is 2.24. The van der Waals surface area contributed by atoms with Crippen LogP contribution in [0.15, 0.2) is 23.0 Å². The Morgan fingerprint density at radius 2 is 1.81 bits per heavy atom. The molecule has 2 rings (SSSR count). The average Bonchev–Trinajstić information content (AvgIpc) is 2.28. The van der Waals surface area contributed by atoms with Crippen molar-refractivity contribution in [3.8, 4) is 0 Å². The van der Waals surface area contributed by atoms with Crippen LogP contribution >= 0.6 is 0 Å². The number of ether oxygens (including phenoxy) is 1. The standard InChI is InChI=1S/C16H20N2O3/c1-9-7-13(19)18-14-10(2)6-11(8-12(9)14)17-15(20)21-16(3,4)5/h6-8H,1-5H3,(H,17,20)(H,18,19). The molecule has 1 heterocycles. The van der Waals surface area contributed by atoms with Crippen molar-refractivity contribution in [1.82, 2.24) is 4.98 Å². The molecule has 0 saturated heterocycles. The maximum atomic E-state index is 11.8. The number of amides is 1. The number of benzene rings is 1. The molecular weight excluding hydrogens is 268 g/mol. The van der Waals surface area contributed by atoms with E-state index in [1.54, 1.807) is 6.07 Å². The molecule has 2 aromatic rings. The van der Waals surface area contributed by atoms with E-state index in [0.717, 1.165) is 22.0 Å². The van der Waals surface area contributed by atoms with Crippen LogP contribution in [-0.2, 0) is 4.74 Å². The first-order chi connectivity index (χ1) is 9.65. The van der Waals surface area contributed by atoms with E-state index in [-0.39, 0.29) is 5.56 Å². The summed E-state index contributed by atoms with van der Waals surface area (Å²) < 4.78 is 5.24. The number of hydrogen-bond donors (Lipinski definition) is 2. The molecule has 1 aromatic carbocycles. The topological polar surface area (TPSA) is 71.2 Å². The molecule has 0 aliphatic rings. The Morgan fingerprint density at radius 3 is 2.43 bits per heavy atom. The molecule has 0 unspecified atom stereocenters. The molecular formula is C16H20N2O3. The minimum absolute atomic E-state index is 0.129. The second-order valence-electron chi connectivity index (χ2n) is 6.16. The van der Waals surface area contributed by atoms with E-state index in [0.29, 0.717) is 5.69 Å². The first-order valence-electron chi connectivity index (χ1n) is 6.80. The van der Waals surface area contributed by atoms with Gasteiger partial charge in [0.2, 0.25) is 5.56 Å². The van der Waals surface area contributed by atoms with E-state index in [4.69, 9.17) is 4.74 Å². The van der Waals surface area contributed by atoms with Crippen molar-refractivity contribution in [3.63, 3.8) is 0 Å². The van der Waals surface area contributed by atoms with Crippen LogP contribution in [0.5, 0.6) is 0 Å². The van der Waals surface area contributed by atoms with Gasteiger partial charge < -0.3 is 9.72 Å². The van der Waals surface area contributed by atoms with Crippen LogP contribution in [0.2, 0.25) is 0 Å². The normalized spacial score (nSPS) is 11.5. The maximum Gasteiger partial charge on any atom is 0.412 e. The summed E-state index contributed by atoms with van der Waals surface area (Å²) in [4.78, 5) is 26.2. The van der Waals surface area contributed by atoms with Gasteiger partial charge in [0.15, 0.2) is 0 Å². The third kappa shape index (κ3) is 3.62. The van der Waals surface area contributed by atoms with Gasteiger partial charge in [-0.2, -0.15) is 0 Å². The quantitative estimate of drug-likeness (QED) is 0.843. The zero-order valence-corrected chi connectivity index (χ0v) is 13.0. The van der Waals surface area contributed by atoms with Gasteiger partial charge in [-0.15, -0.1) is 0 Å². The molecule has 5 nitrogen and oxygen atoms in total. The number of fused-ring (bicyclic) bond motifs is 1. The predicted octanol–water partition coefficient (Wildman–Crippen LogP) is 3.49. The van der Waals surface area contributed by atoms with Crippen LogP contribution in [0.4, 0.5) is 10.5 Å². The molecule has 0 aliphatic carbocycles. The van der Waals surface area contributed by atoms with Crippen molar-refractivity contribution in [2.24, 2.45) is 0 Å². The largest absolute Gasteiger partial charge is 0.444 e. The smallest absolute Gasteiger partial charge is 0.412 e. The number of hydrogen-bond acceptors (Lipinski definition) is 3. The van der Waals surface area contributed by atoms with E-state index in [1.165, 1.54) is 0 Å². The molecule has 2 N–H and O–H groups in total. The lowest BCUT2D eigenvalue weighted by atomic mass is 10.1. The number of anilines is 1. The summed E-state index contributed by atoms with van der Waals surface area (Å²) in [5, 5.41) is 3.62. The summed E-state index contributed by atoms with van der Waals surface area (Å²) >= 11 is 0. The van der Waals surface area contributed by atoms with Gasteiger partial charge in [-0.3, -0.25) is 10.1 Å². The first-order valence-corrected chi connectivity index (χ1v) is 6.80. The summed E-state index contributed by atoms with van der Waals surface area (Å²) in [5.74, 6) is 0. The van der Waals surface area contributed by atoms with Crippen molar-refractivity contribution in [3.05, 3.63) is 39.7 Å². The minimum atomic E-state index is -0.545. The van der Waals surface area contributed by atoms with E-state index in [1.807, 2.05) is 46.8 Å². The number of rotatable bonds is 1. The number of H-pyrrole nitrogens is 1. The van der Waals surface area contributed by atoms with Gasteiger partial charge in [0.05, 0.1) is 5.52 Å². The molecule has 0 spiro atoms. The number of carbonyl (C=O) groups is 1. The maximum absolute atomic E-state index is 11.8. The van der Waals surface area contributed by atoms with Crippen molar-refractivity contribution in [2.75, 3.05) is 5.32 Å². The van der Waals surface area contributed by atoms with E-state index < -0.39 is 11.7 Å². The molecule has 0 bridgehead atoms. The zero-order chi connectivity index (χ0) is 15.8. The lowest BCUT2D eigenvalue weighted by molar-refractivity contribution is 0.0636. The summed E-state index contributed by atoms with van der Waals surface area (Å²) in [7, 11) is 0. The molecule has 1 amide bonds. The van der Waals surface area contributed by atoms with Crippen LogP contribution < -0.4 is 10.9 Å². The Labute approximate surface area is 123 Å². The van der Waals surface area contributed by atoms with Crippen LogP contribution in [-0.4, -0.2) is 16.7 Å². The number of carbonyl (C=O) groups excluding carboxylic acids is 1. The second-order valence-corrected chi connectivity index (χ2v) is 6.16. The Kier molecular flexibility index (Phi) is 3.77. The van der Waals surface area contributed by atoms with Gasteiger partial charge in [0, 0.05) is 17.1 Å². The molecule has 0 aliphatic heterocycles. The molecule has 0 saturated carbocycles. The average molecular weight is 288 g/mol. The van der Waals surface area contributed by atoms with Gasteiger partial charge in [-0.05, 0) is 57.9 Å². The van der Waals surface area contributed by atoms with Gasteiger partial charge >= 0.3 is 6.09 Å². The molecule has 112 valence electrons. The number of pyridine rings is 1. The molecule has 1 aromatic heterocycles. The fraction of sp³-hybridized carbons (Fsp3) is 0.375. The summed E-state index contributed by atoms with van der Waals surface area (Å²) in [6.07, 6.45) is -0.497. The highest BCUT2D eigenvalue weighted by atomic mass is 16.6. The van der Waals surface area contributed by atoms with Crippen molar-refractivity contribution in [1.29, 1.82) is 0 Å². The molecule has 0 radical (unpaired) electrons. The van der Waals surface area contributed by atoms with Crippen molar-refractivity contribution in [2.45, 2.75) is 40.2 Å². The Morgan fingerprint density at radius 1 is 1.14 bits per heavy atom. The molecule has 0 fully saturated rings. The third-order valence-electron chi connectivity index (χ3n) is 3.00. The Bertz CT molecular complexity index is 754. The second kappa shape index (κ2) is 5.24. The number of aryl methyl sites for hydroxylation is 2. The Balaban J connectivity index is 2.39. The monoisotopic (exact) mass is 288 g/mol. The lowest BCUT2D eigenvalue weighted by Crippen LogP contribution is -2.27. The molecule has 0 atom stereocenters. The minimum Gasteiger partial charge on any atom is -0.444 e. The number of aromatic amines is 1. The summed E-state index contributed by atoms with van der Waals surface area (Å²) in [6, 6.07) is 5.18. The van der Waals surface area contributed by atoms with Crippen LogP contribution in [0.3, 0.4) is 0 Å². The van der Waals surface area contributed by atoms with Crippen LogP contribution in [0.1, 0.15) is 31.9 Å². The predicted molar refractivity (Wildman–Crippen MR) is 83.9 cm³/mol. The lowest BCUT2D eigenvalue weighted by Gasteiger charge is -2.20. The van der Waals surface area contributed by atoms with E-state index in [9.17, 15) is 9.59 Å². The SMILES string of the molecule is Cc1cc(=O)[nH]c2c(C)cc(NC(=O)OC(C)(C)C)cc12. The zero-order valence-electron chi connectivity index (χ0n) is 13.0. The number of nitrogens with one attached hydrogen (secondary N) is 2. The summed E-state index contributed by atoms with van der Waals surface area (Å²) in [6.45, 7) is 9.19. The summed E-state index contributed by atoms with van der Waals surface area (Å²) in [5.41, 5.74) is 2.51.